The van der Waals surface area contributed by atoms with Crippen LogP contribution in [0, 0.1) is 0 Å². The maximum Gasteiger partial charge on any atom is 0.220 e. The van der Waals surface area contributed by atoms with E-state index >= 15 is 0 Å². The van der Waals surface area contributed by atoms with Crippen LogP contribution in [0.5, 0.6) is 0 Å². The molecule has 0 radical (unpaired) electrons. The number of hydrogen-bond acceptors (Lipinski definition) is 18. The quantitative estimate of drug-likeness (QED) is 0.0313. The molecule has 0 aliphatic carbocycles. The summed E-state index contributed by atoms with van der Waals surface area (Å²) in [6, 6.07) is -0.972. The van der Waals surface area contributed by atoms with Gasteiger partial charge in [-0.15, -0.1) is 0 Å². The molecule has 3 heterocycles. The highest BCUT2D eigenvalue weighted by atomic mass is 16.8. The van der Waals surface area contributed by atoms with E-state index in [-0.39, 0.29) is 18.9 Å². The molecule has 3 rings (SSSR count). The van der Waals surface area contributed by atoms with Crippen LogP contribution in [-0.2, 0) is 33.2 Å². The third kappa shape index (κ3) is 22.6. The van der Waals surface area contributed by atoms with Gasteiger partial charge in [0.05, 0.1) is 38.6 Å². The Morgan fingerprint density at radius 1 is 0.493 bits per heavy atom. The van der Waals surface area contributed by atoms with Crippen LogP contribution in [0.15, 0.2) is 24.3 Å². The Morgan fingerprint density at radius 2 is 0.887 bits per heavy atom. The Hall–Kier alpha value is -1.73. The van der Waals surface area contributed by atoms with Gasteiger partial charge in [0.2, 0.25) is 5.91 Å². The van der Waals surface area contributed by atoms with Crippen LogP contribution in [0.1, 0.15) is 168 Å². The largest absolute Gasteiger partial charge is 0.394 e. The summed E-state index contributed by atoms with van der Waals surface area (Å²) in [7, 11) is 0. The van der Waals surface area contributed by atoms with Crippen molar-refractivity contribution in [1.82, 2.24) is 5.32 Å². The lowest BCUT2D eigenvalue weighted by Gasteiger charge is -2.48. The number of ether oxygens (including phenoxy) is 6. The molecular formula is C52H95NO18. The number of rotatable bonds is 38. The van der Waals surface area contributed by atoms with Gasteiger partial charge in [-0.2, -0.15) is 0 Å². The summed E-state index contributed by atoms with van der Waals surface area (Å²) >= 11 is 0. The third-order valence-corrected chi connectivity index (χ3v) is 13.7. The molecule has 3 saturated heterocycles. The zero-order valence-corrected chi connectivity index (χ0v) is 42.7. The van der Waals surface area contributed by atoms with Crippen molar-refractivity contribution < 1.29 is 89.4 Å². The Kier molecular flexibility index (Phi) is 33.2. The second-order valence-corrected chi connectivity index (χ2v) is 19.7. The molecule has 0 aromatic heterocycles. The SMILES string of the molecule is CCCCC/C=C\CCCCCCCC(=O)NC(COC1OC(CO)C(OC2OC(CO)C(OC3OC(CO)C(O)C(O)C3O)C(O)C2O)C(O)C1O)C(O)/C=C/CCCCCCCCCCCCCC. The summed E-state index contributed by atoms with van der Waals surface area (Å²) in [6.45, 7) is 1.65. The number of amides is 1. The van der Waals surface area contributed by atoms with E-state index in [1.54, 1.807) is 6.08 Å². The first-order valence-corrected chi connectivity index (χ1v) is 27.1. The Morgan fingerprint density at radius 3 is 1.39 bits per heavy atom. The number of nitrogens with one attached hydrogen (secondary N) is 1. The Balaban J connectivity index is 1.56. The molecule has 0 bridgehead atoms. The minimum absolute atomic E-state index is 0.234. The normalized spacial score (nSPS) is 32.4. The molecule has 0 saturated carbocycles. The highest BCUT2D eigenvalue weighted by molar-refractivity contribution is 5.76. The van der Waals surface area contributed by atoms with Crippen molar-refractivity contribution >= 4 is 5.91 Å². The topological polar surface area (TPSA) is 307 Å². The third-order valence-electron chi connectivity index (χ3n) is 13.7. The van der Waals surface area contributed by atoms with Gasteiger partial charge in [0.15, 0.2) is 18.9 Å². The molecule has 3 aliphatic rings. The maximum atomic E-state index is 13.2. The lowest BCUT2D eigenvalue weighted by Crippen LogP contribution is -2.66. The summed E-state index contributed by atoms with van der Waals surface area (Å²) in [5.74, 6) is -0.288. The molecule has 17 atom stereocenters. The van der Waals surface area contributed by atoms with Crippen molar-refractivity contribution in [3.63, 3.8) is 0 Å². The molecule has 71 heavy (non-hydrogen) atoms. The van der Waals surface area contributed by atoms with Gasteiger partial charge >= 0.3 is 0 Å². The lowest BCUT2D eigenvalue weighted by atomic mass is 9.96. The van der Waals surface area contributed by atoms with E-state index in [2.05, 4.69) is 31.3 Å². The molecule has 0 spiro atoms. The summed E-state index contributed by atoms with van der Waals surface area (Å²) in [5, 5.41) is 120. The van der Waals surface area contributed by atoms with Crippen molar-refractivity contribution in [3.05, 3.63) is 24.3 Å². The molecule has 19 heteroatoms. The minimum Gasteiger partial charge on any atom is -0.394 e. The van der Waals surface area contributed by atoms with Crippen molar-refractivity contribution in [2.45, 2.75) is 272 Å². The molecular weight excluding hydrogens is 927 g/mol. The molecule has 3 fully saturated rings. The highest BCUT2D eigenvalue weighted by Crippen LogP contribution is 2.33. The molecule has 0 aromatic carbocycles. The maximum absolute atomic E-state index is 13.2. The fraction of sp³-hybridized carbons (Fsp3) is 0.904. The number of hydrogen-bond donors (Lipinski definition) is 12. The van der Waals surface area contributed by atoms with E-state index < -0.39 is 124 Å². The number of carbonyl (C=O) groups excluding carboxylic acids is 1. The smallest absolute Gasteiger partial charge is 0.220 e. The van der Waals surface area contributed by atoms with Crippen LogP contribution in [0.3, 0.4) is 0 Å². The zero-order valence-electron chi connectivity index (χ0n) is 42.7. The van der Waals surface area contributed by atoms with Gasteiger partial charge in [-0.05, 0) is 44.9 Å². The minimum atomic E-state index is -1.98. The van der Waals surface area contributed by atoms with Crippen LogP contribution < -0.4 is 5.32 Å². The predicted octanol–water partition coefficient (Wildman–Crippen LogP) is 2.81. The molecule has 19 nitrogen and oxygen atoms in total. The predicted molar refractivity (Wildman–Crippen MR) is 263 cm³/mol. The second-order valence-electron chi connectivity index (χ2n) is 19.7. The number of unbranched alkanes of at least 4 members (excludes halogenated alkanes) is 20. The average Bonchev–Trinajstić information content (AvgIpc) is 3.36. The summed E-state index contributed by atoms with van der Waals surface area (Å²) in [5.41, 5.74) is 0. The van der Waals surface area contributed by atoms with Crippen molar-refractivity contribution in [3.8, 4) is 0 Å². The van der Waals surface area contributed by atoms with E-state index in [9.17, 15) is 61.0 Å². The second kappa shape index (κ2) is 37.1. The van der Waals surface area contributed by atoms with Gasteiger partial charge in [-0.1, -0.05) is 141 Å². The van der Waals surface area contributed by atoms with Crippen LogP contribution in [0.25, 0.3) is 0 Å². The zero-order chi connectivity index (χ0) is 52.0. The molecule has 3 aliphatic heterocycles. The average molecular weight is 1020 g/mol. The Bertz CT molecular complexity index is 1410. The van der Waals surface area contributed by atoms with Gasteiger partial charge in [0.25, 0.3) is 0 Å². The van der Waals surface area contributed by atoms with E-state index in [1.165, 1.54) is 77.0 Å². The molecule has 0 aromatic rings. The van der Waals surface area contributed by atoms with Crippen LogP contribution in [0.4, 0.5) is 0 Å². The summed E-state index contributed by atoms with van der Waals surface area (Å²) < 4.78 is 34.1. The molecule has 12 N–H and O–H groups in total. The van der Waals surface area contributed by atoms with Crippen molar-refractivity contribution in [2.24, 2.45) is 0 Å². The standard InChI is InChI=1S/C52H95NO18/c1-3-5-7-9-11-13-15-17-18-19-21-23-25-27-29-36(57)35(53-40(58)30-28-26-24-22-20-16-14-12-10-8-6-4-2)34-66-50-46(64)43(61)48(38(32-55)68-50)71-52-47(65)44(62)49(39(33-56)69-52)70-51-45(63)42(60)41(59)37(31-54)67-51/h12,14,27,29,35-39,41-52,54-57,59-65H,3-11,13,15-26,28,30-34H2,1-2H3,(H,53,58)/b14-12-,29-27+. The van der Waals surface area contributed by atoms with Gasteiger partial charge < -0.3 is 89.9 Å². The van der Waals surface area contributed by atoms with Gasteiger partial charge in [0.1, 0.15) is 73.2 Å². The number of aliphatic hydroxyl groups excluding tert-OH is 11. The first kappa shape index (κ1) is 63.6. The fourth-order valence-electron chi connectivity index (χ4n) is 9.18. The van der Waals surface area contributed by atoms with Gasteiger partial charge in [0, 0.05) is 6.42 Å². The molecule has 416 valence electrons. The van der Waals surface area contributed by atoms with Crippen LogP contribution in [0.2, 0.25) is 0 Å². The van der Waals surface area contributed by atoms with E-state index in [0.29, 0.717) is 6.42 Å². The van der Waals surface area contributed by atoms with E-state index in [0.717, 1.165) is 64.2 Å². The fourth-order valence-corrected chi connectivity index (χ4v) is 9.18. The van der Waals surface area contributed by atoms with E-state index in [1.807, 2.05) is 6.08 Å². The van der Waals surface area contributed by atoms with Gasteiger partial charge in [-0.25, -0.2) is 0 Å². The van der Waals surface area contributed by atoms with Crippen LogP contribution in [-0.4, -0.2) is 193 Å². The van der Waals surface area contributed by atoms with Crippen LogP contribution >= 0.6 is 0 Å². The number of carbonyl (C=O) groups is 1. The highest BCUT2D eigenvalue weighted by Gasteiger charge is 2.53. The summed E-state index contributed by atoms with van der Waals surface area (Å²) in [6.07, 6.45) is 7.45. The summed E-state index contributed by atoms with van der Waals surface area (Å²) in [4.78, 5) is 13.2. The van der Waals surface area contributed by atoms with Crippen molar-refractivity contribution in [1.29, 1.82) is 0 Å². The lowest BCUT2D eigenvalue weighted by molar-refractivity contribution is -0.379. The number of aliphatic hydroxyl groups is 11. The Labute approximate surface area is 422 Å². The molecule has 1 amide bonds. The number of allylic oxidation sites excluding steroid dienone is 3. The van der Waals surface area contributed by atoms with E-state index in [4.69, 9.17) is 28.4 Å². The first-order chi connectivity index (χ1) is 34.3. The monoisotopic (exact) mass is 1020 g/mol. The van der Waals surface area contributed by atoms with Crippen molar-refractivity contribution in [2.75, 3.05) is 26.4 Å². The first-order valence-electron chi connectivity index (χ1n) is 27.1. The molecule has 17 unspecified atom stereocenters. The van der Waals surface area contributed by atoms with Gasteiger partial charge in [-0.3, -0.25) is 4.79 Å².